The maximum atomic E-state index is 12.3. The SMILES string of the molecule is O=C(NCc1cccnc1-c1ccncc1)c1cccc(OC(F)(F)F)c1. The molecule has 2 aromatic heterocycles. The van der Waals surface area contributed by atoms with Crippen molar-refractivity contribution in [3.8, 4) is 17.0 Å². The molecule has 3 rings (SSSR count). The van der Waals surface area contributed by atoms with Crippen LogP contribution in [0.15, 0.2) is 67.1 Å². The summed E-state index contributed by atoms with van der Waals surface area (Å²) in [6, 6.07) is 12.0. The zero-order valence-electron chi connectivity index (χ0n) is 13.9. The summed E-state index contributed by atoms with van der Waals surface area (Å²) in [5.74, 6) is -0.971. The number of carbonyl (C=O) groups excluding carboxylic acids is 1. The largest absolute Gasteiger partial charge is 0.573 e. The van der Waals surface area contributed by atoms with Crippen LogP contribution in [0.2, 0.25) is 0 Å². The zero-order chi connectivity index (χ0) is 19.3. The molecule has 1 aromatic carbocycles. The van der Waals surface area contributed by atoms with E-state index in [0.717, 1.165) is 23.3 Å². The van der Waals surface area contributed by atoms with Crippen LogP contribution in [-0.4, -0.2) is 22.2 Å². The van der Waals surface area contributed by atoms with Gasteiger partial charge in [-0.1, -0.05) is 12.1 Å². The number of hydrogen-bond acceptors (Lipinski definition) is 4. The van der Waals surface area contributed by atoms with Gasteiger partial charge < -0.3 is 10.1 Å². The van der Waals surface area contributed by atoms with E-state index in [4.69, 9.17) is 0 Å². The Bertz CT molecular complexity index is 931. The summed E-state index contributed by atoms with van der Waals surface area (Å²) in [4.78, 5) is 20.6. The molecule has 0 aliphatic carbocycles. The molecular weight excluding hydrogens is 359 g/mol. The Morgan fingerprint density at radius 3 is 2.56 bits per heavy atom. The summed E-state index contributed by atoms with van der Waals surface area (Å²) in [6.07, 6.45) is 0.0975. The topological polar surface area (TPSA) is 64.1 Å². The number of hydrogen-bond donors (Lipinski definition) is 1. The second-order valence-corrected chi connectivity index (χ2v) is 5.51. The second-order valence-electron chi connectivity index (χ2n) is 5.51. The van der Waals surface area contributed by atoms with E-state index in [9.17, 15) is 18.0 Å². The maximum Gasteiger partial charge on any atom is 0.573 e. The van der Waals surface area contributed by atoms with Crippen LogP contribution < -0.4 is 10.1 Å². The summed E-state index contributed by atoms with van der Waals surface area (Å²) >= 11 is 0. The fourth-order valence-electron chi connectivity index (χ4n) is 2.46. The molecular formula is C19H14F3N3O2. The third kappa shape index (κ3) is 5.04. The monoisotopic (exact) mass is 373 g/mol. The number of nitrogens with zero attached hydrogens (tertiary/aromatic N) is 2. The molecule has 0 spiro atoms. The van der Waals surface area contributed by atoms with Gasteiger partial charge in [0.15, 0.2) is 0 Å². The van der Waals surface area contributed by atoms with Crippen LogP contribution in [0.1, 0.15) is 15.9 Å². The van der Waals surface area contributed by atoms with Crippen molar-refractivity contribution in [1.29, 1.82) is 0 Å². The van der Waals surface area contributed by atoms with E-state index >= 15 is 0 Å². The summed E-state index contributed by atoms with van der Waals surface area (Å²) in [5, 5.41) is 2.68. The van der Waals surface area contributed by atoms with Crippen molar-refractivity contribution >= 4 is 5.91 Å². The Hall–Kier alpha value is -3.42. The number of halogens is 3. The van der Waals surface area contributed by atoms with Crippen molar-refractivity contribution in [2.75, 3.05) is 0 Å². The highest BCUT2D eigenvalue weighted by molar-refractivity contribution is 5.94. The third-order valence-corrected chi connectivity index (χ3v) is 3.61. The van der Waals surface area contributed by atoms with Gasteiger partial charge in [0.05, 0.1) is 5.69 Å². The van der Waals surface area contributed by atoms with Crippen LogP contribution in [0.3, 0.4) is 0 Å². The van der Waals surface area contributed by atoms with E-state index in [0.29, 0.717) is 5.69 Å². The number of alkyl halides is 3. The molecule has 0 unspecified atom stereocenters. The second kappa shape index (κ2) is 7.86. The molecule has 0 saturated carbocycles. The van der Waals surface area contributed by atoms with Crippen molar-refractivity contribution in [2.24, 2.45) is 0 Å². The lowest BCUT2D eigenvalue weighted by Crippen LogP contribution is -2.23. The Morgan fingerprint density at radius 2 is 1.81 bits per heavy atom. The lowest BCUT2D eigenvalue weighted by Gasteiger charge is -2.11. The van der Waals surface area contributed by atoms with Crippen LogP contribution >= 0.6 is 0 Å². The predicted octanol–water partition coefficient (Wildman–Crippen LogP) is 3.97. The van der Waals surface area contributed by atoms with Gasteiger partial charge >= 0.3 is 6.36 Å². The van der Waals surface area contributed by atoms with Gasteiger partial charge in [0.1, 0.15) is 5.75 Å². The van der Waals surface area contributed by atoms with E-state index in [1.165, 1.54) is 12.1 Å². The van der Waals surface area contributed by atoms with Crippen LogP contribution in [0.4, 0.5) is 13.2 Å². The minimum Gasteiger partial charge on any atom is -0.406 e. The van der Waals surface area contributed by atoms with E-state index in [2.05, 4.69) is 20.0 Å². The van der Waals surface area contributed by atoms with Crippen molar-refractivity contribution in [3.05, 3.63) is 78.2 Å². The van der Waals surface area contributed by atoms with Gasteiger partial charge in [-0.05, 0) is 42.0 Å². The first-order valence-electron chi connectivity index (χ1n) is 7.91. The number of aromatic nitrogens is 2. The molecule has 0 saturated heterocycles. The first-order valence-corrected chi connectivity index (χ1v) is 7.91. The van der Waals surface area contributed by atoms with Crippen LogP contribution in [0.5, 0.6) is 5.75 Å². The molecule has 138 valence electrons. The van der Waals surface area contributed by atoms with Crippen molar-refractivity contribution in [1.82, 2.24) is 15.3 Å². The molecule has 0 aliphatic heterocycles. The first kappa shape index (κ1) is 18.4. The highest BCUT2D eigenvalue weighted by Gasteiger charge is 2.31. The quantitative estimate of drug-likeness (QED) is 0.735. The zero-order valence-corrected chi connectivity index (χ0v) is 13.9. The predicted molar refractivity (Wildman–Crippen MR) is 91.8 cm³/mol. The molecule has 0 aliphatic rings. The van der Waals surface area contributed by atoms with Gasteiger partial charge in [-0.25, -0.2) is 0 Å². The van der Waals surface area contributed by atoms with Crippen molar-refractivity contribution < 1.29 is 22.7 Å². The van der Waals surface area contributed by atoms with Crippen molar-refractivity contribution in [2.45, 2.75) is 12.9 Å². The Labute approximate surface area is 152 Å². The molecule has 27 heavy (non-hydrogen) atoms. The van der Waals surface area contributed by atoms with Gasteiger partial charge in [-0.3, -0.25) is 14.8 Å². The van der Waals surface area contributed by atoms with Gasteiger partial charge in [-0.15, -0.1) is 13.2 Å². The standard InChI is InChI=1S/C19H14F3N3O2/c20-19(21,22)27-16-5-1-3-14(11-16)18(26)25-12-15-4-2-8-24-17(15)13-6-9-23-10-7-13/h1-11H,12H2,(H,25,26). The smallest absolute Gasteiger partial charge is 0.406 e. The maximum absolute atomic E-state index is 12.3. The van der Waals surface area contributed by atoms with E-state index in [1.807, 2.05) is 6.07 Å². The Balaban J connectivity index is 1.73. The molecule has 0 atom stereocenters. The summed E-state index contributed by atoms with van der Waals surface area (Å²) in [5.41, 5.74) is 2.36. The third-order valence-electron chi connectivity index (χ3n) is 3.61. The van der Waals surface area contributed by atoms with Crippen LogP contribution in [-0.2, 0) is 6.54 Å². The number of rotatable bonds is 5. The summed E-state index contributed by atoms with van der Waals surface area (Å²) in [6.45, 7) is 0.161. The number of nitrogens with one attached hydrogen (secondary N) is 1. The highest BCUT2D eigenvalue weighted by atomic mass is 19.4. The fourth-order valence-corrected chi connectivity index (χ4v) is 2.46. The van der Waals surface area contributed by atoms with E-state index < -0.39 is 18.0 Å². The van der Waals surface area contributed by atoms with E-state index in [1.54, 1.807) is 36.8 Å². The van der Waals surface area contributed by atoms with Gasteiger partial charge in [0.25, 0.3) is 5.91 Å². The molecule has 3 aromatic rings. The summed E-state index contributed by atoms with van der Waals surface area (Å²) in [7, 11) is 0. The van der Waals surface area contributed by atoms with Crippen molar-refractivity contribution in [3.63, 3.8) is 0 Å². The fraction of sp³-hybridized carbons (Fsp3) is 0.105. The Morgan fingerprint density at radius 1 is 1.04 bits per heavy atom. The van der Waals surface area contributed by atoms with Gasteiger partial charge in [-0.2, -0.15) is 0 Å². The summed E-state index contributed by atoms with van der Waals surface area (Å²) < 4.78 is 40.8. The highest BCUT2D eigenvalue weighted by Crippen LogP contribution is 2.24. The molecule has 1 amide bonds. The van der Waals surface area contributed by atoms with E-state index in [-0.39, 0.29) is 12.1 Å². The molecule has 0 fully saturated rings. The normalized spacial score (nSPS) is 11.1. The number of carbonyl (C=O) groups is 1. The average Bonchev–Trinajstić information content (AvgIpc) is 2.66. The minimum absolute atomic E-state index is 0.0612. The molecule has 2 heterocycles. The van der Waals surface area contributed by atoms with Crippen LogP contribution in [0.25, 0.3) is 11.3 Å². The molecule has 1 N–H and O–H groups in total. The molecule has 5 nitrogen and oxygen atoms in total. The van der Waals surface area contributed by atoms with Gasteiger partial charge in [0, 0.05) is 36.3 Å². The number of pyridine rings is 2. The number of amides is 1. The number of ether oxygens (including phenoxy) is 1. The van der Waals surface area contributed by atoms with Gasteiger partial charge in [0.2, 0.25) is 0 Å². The molecule has 0 radical (unpaired) electrons. The lowest BCUT2D eigenvalue weighted by atomic mass is 10.1. The molecule has 8 heteroatoms. The Kier molecular flexibility index (Phi) is 5.35. The number of benzene rings is 1. The lowest BCUT2D eigenvalue weighted by molar-refractivity contribution is -0.274. The average molecular weight is 373 g/mol. The first-order chi connectivity index (χ1) is 12.9. The minimum atomic E-state index is -4.82. The molecule has 0 bridgehead atoms. The van der Waals surface area contributed by atoms with Crippen LogP contribution in [0, 0.1) is 0 Å².